The van der Waals surface area contributed by atoms with Crippen LogP contribution in [0, 0.1) is 13.8 Å². The highest BCUT2D eigenvalue weighted by Crippen LogP contribution is 2.32. The smallest absolute Gasteiger partial charge is 0.426 e. The number of nitrogens with one attached hydrogen (secondary N) is 2. The summed E-state index contributed by atoms with van der Waals surface area (Å²) in [5, 5.41) is 0.821. The van der Waals surface area contributed by atoms with Gasteiger partial charge in [-0.05, 0) is 38.5 Å². The molecule has 3 rings (SSSR count). The zero-order valence-electron chi connectivity index (χ0n) is 13.9. The number of furan rings is 1. The Bertz CT molecular complexity index is 933. The number of carbonyl (C=O) groups excluding carboxylic acids is 2. The number of carbonyl (C=O) groups is 2. The lowest BCUT2D eigenvalue weighted by Crippen LogP contribution is -2.41. The lowest BCUT2D eigenvalue weighted by molar-refractivity contribution is 0.0916. The van der Waals surface area contributed by atoms with Gasteiger partial charge in [0.2, 0.25) is 0 Å². The lowest BCUT2D eigenvalue weighted by Gasteiger charge is -2.06. The number of aryl methyl sites for hydroxylation is 2. The van der Waals surface area contributed by atoms with Gasteiger partial charge < -0.3 is 9.15 Å². The third kappa shape index (κ3) is 3.31. The van der Waals surface area contributed by atoms with Crippen LogP contribution in [0.1, 0.15) is 27.9 Å². The summed E-state index contributed by atoms with van der Waals surface area (Å²) in [7, 11) is 0. The van der Waals surface area contributed by atoms with Crippen LogP contribution in [0.4, 0.5) is 4.79 Å². The maximum Gasteiger partial charge on any atom is 0.426 e. The molecule has 0 aliphatic heterocycles. The molecule has 8 nitrogen and oxygen atoms in total. The van der Waals surface area contributed by atoms with Gasteiger partial charge in [0.25, 0.3) is 5.91 Å². The molecule has 0 saturated heterocycles. The predicted octanol–water partition coefficient (Wildman–Crippen LogP) is 2.96. The topological polar surface area (TPSA) is 106 Å². The highest BCUT2D eigenvalue weighted by atomic mass is 32.1. The first-order valence-corrected chi connectivity index (χ1v) is 8.37. The van der Waals surface area contributed by atoms with E-state index in [-0.39, 0.29) is 6.61 Å². The molecule has 3 heterocycles. The highest BCUT2D eigenvalue weighted by molar-refractivity contribution is 7.20. The summed E-state index contributed by atoms with van der Waals surface area (Å²) >= 11 is 1.23. The summed E-state index contributed by atoms with van der Waals surface area (Å²) in [6.07, 6.45) is 0.836. The summed E-state index contributed by atoms with van der Waals surface area (Å²) in [4.78, 5) is 33.7. The van der Waals surface area contributed by atoms with Crippen LogP contribution in [0.3, 0.4) is 0 Å². The lowest BCUT2D eigenvalue weighted by atomic mass is 10.1. The number of amides is 2. The molecule has 2 amide bonds. The summed E-state index contributed by atoms with van der Waals surface area (Å²) in [6.45, 7) is 5.57. The number of hydrazine groups is 1. The molecular formula is C16H16N4O4S. The third-order valence-electron chi connectivity index (χ3n) is 3.47. The molecule has 0 aromatic carbocycles. The standard InChI is InChI=1S/C16H16N4O4S/c1-4-23-16(22)20-19-14(21)12-8(2)11-9(3)17-13(18-15(11)25-12)10-6-5-7-24-10/h5-7H,4H2,1-3H3,(H,19,21)(H,20,22). The van der Waals surface area contributed by atoms with E-state index < -0.39 is 12.0 Å². The van der Waals surface area contributed by atoms with Crippen LogP contribution in [0.15, 0.2) is 22.8 Å². The van der Waals surface area contributed by atoms with Gasteiger partial charge in [-0.25, -0.2) is 20.2 Å². The van der Waals surface area contributed by atoms with Crippen molar-refractivity contribution in [1.82, 2.24) is 20.8 Å². The van der Waals surface area contributed by atoms with Crippen LogP contribution in [0.2, 0.25) is 0 Å². The Hall–Kier alpha value is -2.94. The van der Waals surface area contributed by atoms with Crippen molar-refractivity contribution in [2.75, 3.05) is 6.61 Å². The van der Waals surface area contributed by atoms with E-state index in [2.05, 4.69) is 20.8 Å². The van der Waals surface area contributed by atoms with Gasteiger partial charge in [0.05, 0.1) is 23.4 Å². The van der Waals surface area contributed by atoms with E-state index in [1.165, 1.54) is 11.3 Å². The van der Waals surface area contributed by atoms with Crippen LogP contribution in [0.25, 0.3) is 21.8 Å². The maximum atomic E-state index is 12.3. The fraction of sp³-hybridized carbons (Fsp3) is 0.250. The van der Waals surface area contributed by atoms with Gasteiger partial charge >= 0.3 is 6.09 Å². The third-order valence-corrected chi connectivity index (χ3v) is 4.66. The Morgan fingerprint density at radius 1 is 1.28 bits per heavy atom. The van der Waals surface area contributed by atoms with Gasteiger partial charge in [-0.3, -0.25) is 10.2 Å². The molecular weight excluding hydrogens is 344 g/mol. The van der Waals surface area contributed by atoms with Gasteiger partial charge in [0.1, 0.15) is 4.83 Å². The van der Waals surface area contributed by atoms with E-state index in [9.17, 15) is 9.59 Å². The number of nitrogens with zero attached hydrogens (tertiary/aromatic N) is 2. The molecule has 2 N–H and O–H groups in total. The monoisotopic (exact) mass is 360 g/mol. The zero-order valence-corrected chi connectivity index (χ0v) is 14.7. The van der Waals surface area contributed by atoms with E-state index in [0.717, 1.165) is 16.6 Å². The predicted molar refractivity (Wildman–Crippen MR) is 92.2 cm³/mol. The molecule has 25 heavy (non-hydrogen) atoms. The number of hydrogen-bond acceptors (Lipinski definition) is 7. The van der Waals surface area contributed by atoms with Crippen molar-refractivity contribution in [2.24, 2.45) is 0 Å². The average Bonchev–Trinajstić information content (AvgIpc) is 3.21. The first-order chi connectivity index (χ1) is 12.0. The molecule has 0 atom stereocenters. The molecule has 0 saturated carbocycles. The van der Waals surface area contributed by atoms with Crippen LogP contribution >= 0.6 is 11.3 Å². The summed E-state index contributed by atoms with van der Waals surface area (Å²) in [6, 6.07) is 3.54. The number of fused-ring (bicyclic) bond motifs is 1. The number of rotatable bonds is 3. The van der Waals surface area contributed by atoms with Gasteiger partial charge in [0, 0.05) is 5.39 Å². The Morgan fingerprint density at radius 2 is 2.08 bits per heavy atom. The molecule has 0 aliphatic rings. The minimum Gasteiger partial charge on any atom is -0.461 e. The van der Waals surface area contributed by atoms with Crippen molar-refractivity contribution in [1.29, 1.82) is 0 Å². The van der Waals surface area contributed by atoms with Crippen LogP contribution in [-0.2, 0) is 4.74 Å². The van der Waals surface area contributed by atoms with Gasteiger partial charge in [-0.1, -0.05) is 0 Å². The molecule has 3 aromatic rings. The Kier molecular flexibility index (Phi) is 4.66. The largest absolute Gasteiger partial charge is 0.461 e. The quantitative estimate of drug-likeness (QED) is 0.696. The molecule has 0 unspecified atom stereocenters. The van der Waals surface area contributed by atoms with Crippen LogP contribution in [0.5, 0.6) is 0 Å². The van der Waals surface area contributed by atoms with Crippen LogP contribution in [-0.4, -0.2) is 28.6 Å². The fourth-order valence-electron chi connectivity index (χ4n) is 2.40. The van der Waals surface area contributed by atoms with E-state index in [1.54, 1.807) is 25.3 Å². The summed E-state index contributed by atoms with van der Waals surface area (Å²) in [5.41, 5.74) is 6.03. The molecule has 0 radical (unpaired) electrons. The Morgan fingerprint density at radius 3 is 2.76 bits per heavy atom. The fourth-order valence-corrected chi connectivity index (χ4v) is 3.53. The van der Waals surface area contributed by atoms with E-state index >= 15 is 0 Å². The van der Waals surface area contributed by atoms with Crippen molar-refractivity contribution in [3.8, 4) is 11.6 Å². The van der Waals surface area contributed by atoms with Crippen molar-refractivity contribution in [2.45, 2.75) is 20.8 Å². The zero-order chi connectivity index (χ0) is 18.0. The number of hydrogen-bond donors (Lipinski definition) is 2. The molecule has 9 heteroatoms. The number of aromatic nitrogens is 2. The molecule has 130 valence electrons. The second-order valence-corrected chi connectivity index (χ2v) is 6.14. The maximum absolute atomic E-state index is 12.3. The normalized spacial score (nSPS) is 10.7. The molecule has 0 spiro atoms. The van der Waals surface area contributed by atoms with Crippen molar-refractivity contribution in [3.63, 3.8) is 0 Å². The average molecular weight is 360 g/mol. The van der Waals surface area contributed by atoms with Gasteiger partial charge in [0.15, 0.2) is 11.6 Å². The van der Waals surface area contributed by atoms with Crippen molar-refractivity contribution >= 4 is 33.6 Å². The van der Waals surface area contributed by atoms with Gasteiger partial charge in [-0.2, -0.15) is 0 Å². The summed E-state index contributed by atoms with van der Waals surface area (Å²) in [5.74, 6) is 0.589. The van der Waals surface area contributed by atoms with Crippen LogP contribution < -0.4 is 10.9 Å². The first kappa shape index (κ1) is 16.9. The first-order valence-electron chi connectivity index (χ1n) is 7.56. The highest BCUT2D eigenvalue weighted by Gasteiger charge is 2.20. The van der Waals surface area contributed by atoms with Crippen molar-refractivity contribution in [3.05, 3.63) is 34.5 Å². The van der Waals surface area contributed by atoms with Crippen molar-refractivity contribution < 1.29 is 18.7 Å². The molecule has 3 aromatic heterocycles. The number of thiophene rings is 1. The SMILES string of the molecule is CCOC(=O)NNC(=O)c1sc2nc(-c3ccco3)nc(C)c2c1C. The summed E-state index contributed by atoms with van der Waals surface area (Å²) < 4.78 is 10.0. The minimum absolute atomic E-state index is 0.216. The van der Waals surface area contributed by atoms with E-state index in [1.807, 2.05) is 13.8 Å². The Labute approximate surface area is 147 Å². The minimum atomic E-state index is -0.717. The van der Waals surface area contributed by atoms with E-state index in [4.69, 9.17) is 9.15 Å². The second kappa shape index (κ2) is 6.89. The number of ether oxygens (including phenoxy) is 1. The second-order valence-electron chi connectivity index (χ2n) is 5.15. The van der Waals surface area contributed by atoms with E-state index in [0.29, 0.717) is 21.3 Å². The molecule has 0 fully saturated rings. The van der Waals surface area contributed by atoms with Gasteiger partial charge in [-0.15, -0.1) is 11.3 Å². The molecule has 0 aliphatic carbocycles. The molecule has 0 bridgehead atoms. The Balaban J connectivity index is 1.92.